The molecule has 0 aliphatic heterocycles. The van der Waals surface area contributed by atoms with Gasteiger partial charge in [-0.05, 0) is 37.5 Å². The van der Waals surface area contributed by atoms with E-state index in [9.17, 15) is 14.9 Å². The van der Waals surface area contributed by atoms with Crippen molar-refractivity contribution in [3.05, 3.63) is 61.8 Å². The molecule has 0 fully saturated rings. The number of hydrogen-bond acceptors (Lipinski definition) is 6. The summed E-state index contributed by atoms with van der Waals surface area (Å²) in [7, 11) is 0. The van der Waals surface area contributed by atoms with Gasteiger partial charge in [0.1, 0.15) is 18.2 Å². The van der Waals surface area contributed by atoms with E-state index >= 15 is 0 Å². The monoisotopic (exact) mass is 407 g/mol. The highest BCUT2D eigenvalue weighted by molar-refractivity contribution is 7.09. The number of aromatic nitrogens is 3. The molecule has 0 spiro atoms. The Morgan fingerprint density at radius 1 is 1.31 bits per heavy atom. The largest absolute Gasteiger partial charge is 0.324 e. The van der Waals surface area contributed by atoms with E-state index in [0.29, 0.717) is 29.8 Å². The number of carbonyl (C=O) groups is 1. The third-order valence-corrected chi connectivity index (χ3v) is 5.27. The molecule has 0 saturated heterocycles. The molecule has 0 saturated carbocycles. The maximum absolute atomic E-state index is 12.6. The minimum atomic E-state index is -0.539. The molecule has 0 unspecified atom stereocenters. The summed E-state index contributed by atoms with van der Waals surface area (Å²) in [5.74, 6) is -0.388. The second kappa shape index (κ2) is 8.80. The maximum atomic E-state index is 12.6. The number of carbonyl (C=O) groups excluding carboxylic acids is 1. The lowest BCUT2D eigenvalue weighted by Gasteiger charge is -2.12. The standard InChI is InChI=1S/C21H21N5O2S/c1-4-16-17(10-22)21(28)26(25-18(16)5-2)11-20(27)24-15-8-6-7-14(9-15)19-12-29-13(3)23-19/h6-9,12H,4-5,11H2,1-3H3,(H,24,27). The lowest BCUT2D eigenvalue weighted by Crippen LogP contribution is -2.33. The SMILES string of the molecule is CCc1nn(CC(=O)Nc2cccc(-c3csc(C)n3)c2)c(=O)c(C#N)c1CC. The molecule has 3 aromatic rings. The van der Waals surface area contributed by atoms with Gasteiger partial charge in [0.25, 0.3) is 5.56 Å². The number of thiazole rings is 1. The topological polar surface area (TPSA) is 101 Å². The third kappa shape index (κ3) is 4.41. The predicted molar refractivity (Wildman–Crippen MR) is 113 cm³/mol. The zero-order valence-electron chi connectivity index (χ0n) is 16.5. The molecular weight excluding hydrogens is 386 g/mol. The van der Waals surface area contributed by atoms with E-state index in [1.54, 1.807) is 17.4 Å². The minimum Gasteiger partial charge on any atom is -0.324 e. The summed E-state index contributed by atoms with van der Waals surface area (Å²) in [6.07, 6.45) is 1.12. The van der Waals surface area contributed by atoms with Gasteiger partial charge in [-0.1, -0.05) is 26.0 Å². The van der Waals surface area contributed by atoms with Gasteiger partial charge in [0.2, 0.25) is 5.91 Å². The van der Waals surface area contributed by atoms with Crippen molar-refractivity contribution in [3.63, 3.8) is 0 Å². The number of anilines is 1. The highest BCUT2D eigenvalue weighted by Crippen LogP contribution is 2.24. The Hall–Kier alpha value is -3.31. The highest BCUT2D eigenvalue weighted by atomic mass is 32.1. The van der Waals surface area contributed by atoms with Gasteiger partial charge in [-0.25, -0.2) is 9.67 Å². The van der Waals surface area contributed by atoms with Crippen molar-refractivity contribution >= 4 is 22.9 Å². The van der Waals surface area contributed by atoms with Crippen LogP contribution in [0, 0.1) is 18.3 Å². The summed E-state index contributed by atoms with van der Waals surface area (Å²) < 4.78 is 1.07. The Kier molecular flexibility index (Phi) is 6.20. The number of nitrogens with one attached hydrogen (secondary N) is 1. The lowest BCUT2D eigenvalue weighted by atomic mass is 10.0. The van der Waals surface area contributed by atoms with Crippen molar-refractivity contribution in [3.8, 4) is 17.3 Å². The Morgan fingerprint density at radius 3 is 2.72 bits per heavy atom. The van der Waals surface area contributed by atoms with Gasteiger partial charge in [0, 0.05) is 16.6 Å². The Morgan fingerprint density at radius 2 is 2.10 bits per heavy atom. The van der Waals surface area contributed by atoms with E-state index in [0.717, 1.165) is 20.9 Å². The zero-order chi connectivity index (χ0) is 21.0. The van der Waals surface area contributed by atoms with Crippen LogP contribution in [0.2, 0.25) is 0 Å². The van der Waals surface area contributed by atoms with E-state index in [-0.39, 0.29) is 18.0 Å². The second-order valence-electron chi connectivity index (χ2n) is 6.46. The van der Waals surface area contributed by atoms with Crippen LogP contribution in [-0.2, 0) is 24.2 Å². The van der Waals surface area contributed by atoms with E-state index < -0.39 is 5.56 Å². The molecule has 0 bridgehead atoms. The van der Waals surface area contributed by atoms with Crippen LogP contribution in [0.25, 0.3) is 11.3 Å². The third-order valence-electron chi connectivity index (χ3n) is 4.49. The summed E-state index contributed by atoms with van der Waals surface area (Å²) in [5, 5.41) is 19.4. The molecule has 1 aromatic carbocycles. The summed E-state index contributed by atoms with van der Waals surface area (Å²) in [5.41, 5.74) is 3.20. The molecule has 2 aromatic heterocycles. The number of amides is 1. The summed E-state index contributed by atoms with van der Waals surface area (Å²) >= 11 is 1.56. The molecule has 29 heavy (non-hydrogen) atoms. The van der Waals surface area contributed by atoms with Crippen molar-refractivity contribution in [2.45, 2.75) is 40.2 Å². The molecule has 2 heterocycles. The zero-order valence-corrected chi connectivity index (χ0v) is 17.3. The van der Waals surface area contributed by atoms with Crippen molar-refractivity contribution in [1.82, 2.24) is 14.8 Å². The van der Waals surface area contributed by atoms with E-state index in [1.807, 2.05) is 50.4 Å². The van der Waals surface area contributed by atoms with Crippen LogP contribution in [-0.4, -0.2) is 20.7 Å². The number of benzene rings is 1. The fourth-order valence-corrected chi connectivity index (χ4v) is 3.75. The van der Waals surface area contributed by atoms with Gasteiger partial charge in [0.15, 0.2) is 0 Å². The number of nitriles is 1. The summed E-state index contributed by atoms with van der Waals surface area (Å²) in [6.45, 7) is 5.46. The van der Waals surface area contributed by atoms with Gasteiger partial charge < -0.3 is 5.32 Å². The molecule has 148 valence electrons. The van der Waals surface area contributed by atoms with Gasteiger partial charge >= 0.3 is 0 Å². The average Bonchev–Trinajstić information content (AvgIpc) is 3.15. The minimum absolute atomic E-state index is 0.0630. The first-order valence-corrected chi connectivity index (χ1v) is 10.2. The molecule has 1 N–H and O–H groups in total. The van der Waals surface area contributed by atoms with Crippen molar-refractivity contribution < 1.29 is 4.79 Å². The van der Waals surface area contributed by atoms with Gasteiger partial charge in [-0.15, -0.1) is 11.3 Å². The Bertz CT molecular complexity index is 1160. The average molecular weight is 407 g/mol. The fourth-order valence-electron chi connectivity index (χ4n) is 3.13. The van der Waals surface area contributed by atoms with E-state index in [1.165, 1.54) is 0 Å². The molecule has 0 aliphatic carbocycles. The molecule has 7 nitrogen and oxygen atoms in total. The predicted octanol–water partition coefficient (Wildman–Crippen LogP) is 3.31. The number of nitrogens with zero attached hydrogens (tertiary/aromatic N) is 4. The van der Waals surface area contributed by atoms with Gasteiger partial charge in [-0.3, -0.25) is 9.59 Å². The van der Waals surface area contributed by atoms with Gasteiger partial charge in [0.05, 0.1) is 16.4 Å². The van der Waals surface area contributed by atoms with Crippen molar-refractivity contribution in [2.24, 2.45) is 0 Å². The molecule has 8 heteroatoms. The van der Waals surface area contributed by atoms with Crippen LogP contribution in [0.3, 0.4) is 0 Å². The molecule has 0 radical (unpaired) electrons. The second-order valence-corrected chi connectivity index (χ2v) is 7.52. The quantitative estimate of drug-likeness (QED) is 0.676. The van der Waals surface area contributed by atoms with Crippen LogP contribution >= 0.6 is 11.3 Å². The number of rotatable bonds is 6. The molecular formula is C21H21N5O2S. The Labute approximate surface area is 172 Å². The van der Waals surface area contributed by atoms with Crippen molar-refractivity contribution in [2.75, 3.05) is 5.32 Å². The van der Waals surface area contributed by atoms with Crippen LogP contribution in [0.1, 0.15) is 35.7 Å². The van der Waals surface area contributed by atoms with Crippen LogP contribution < -0.4 is 10.9 Å². The van der Waals surface area contributed by atoms with Crippen LogP contribution in [0.4, 0.5) is 5.69 Å². The highest BCUT2D eigenvalue weighted by Gasteiger charge is 2.17. The summed E-state index contributed by atoms with van der Waals surface area (Å²) in [4.78, 5) is 29.6. The number of hydrogen-bond donors (Lipinski definition) is 1. The van der Waals surface area contributed by atoms with Crippen LogP contribution in [0.15, 0.2) is 34.4 Å². The first kappa shape index (κ1) is 20.4. The summed E-state index contributed by atoms with van der Waals surface area (Å²) in [6, 6.07) is 9.34. The lowest BCUT2D eigenvalue weighted by molar-refractivity contribution is -0.117. The Balaban J connectivity index is 1.83. The first-order valence-electron chi connectivity index (χ1n) is 9.32. The molecule has 0 atom stereocenters. The van der Waals surface area contributed by atoms with Crippen LogP contribution in [0.5, 0.6) is 0 Å². The smallest absolute Gasteiger partial charge is 0.285 e. The number of aryl methyl sites for hydroxylation is 2. The van der Waals surface area contributed by atoms with E-state index in [2.05, 4.69) is 15.4 Å². The maximum Gasteiger partial charge on any atom is 0.285 e. The normalized spacial score (nSPS) is 10.6. The fraction of sp³-hybridized carbons (Fsp3) is 0.286. The van der Waals surface area contributed by atoms with E-state index in [4.69, 9.17) is 0 Å². The van der Waals surface area contributed by atoms with Gasteiger partial charge in [-0.2, -0.15) is 10.4 Å². The molecule has 3 rings (SSSR count). The first-order chi connectivity index (χ1) is 14.0. The van der Waals surface area contributed by atoms with Crippen molar-refractivity contribution in [1.29, 1.82) is 5.26 Å². The molecule has 1 amide bonds. The molecule has 0 aliphatic rings.